The highest BCUT2D eigenvalue weighted by atomic mass is 16.5. The van der Waals surface area contributed by atoms with Crippen molar-refractivity contribution in [2.24, 2.45) is 0 Å². The number of aromatic nitrogens is 1. The van der Waals surface area contributed by atoms with Crippen LogP contribution in [0, 0.1) is 19.3 Å². The van der Waals surface area contributed by atoms with E-state index in [2.05, 4.69) is 42.1 Å². The monoisotopic (exact) mass is 235 g/mol. The van der Waals surface area contributed by atoms with Crippen LogP contribution in [0.4, 0.5) is 0 Å². The third kappa shape index (κ3) is 1.70. The molecule has 0 saturated carbocycles. The molecule has 1 heterocycles. The molecule has 2 nitrogen and oxygen atoms in total. The number of fused-ring (bicyclic) bond motifs is 3. The number of aromatic amines is 1. The molecule has 1 N–H and O–H groups in total. The van der Waals surface area contributed by atoms with Crippen LogP contribution in [0.15, 0.2) is 36.4 Å². The van der Waals surface area contributed by atoms with Gasteiger partial charge in [0.1, 0.15) is 12.4 Å². The molecule has 0 fully saturated rings. The van der Waals surface area contributed by atoms with Crippen molar-refractivity contribution in [3.05, 3.63) is 42.0 Å². The second-order valence-corrected chi connectivity index (χ2v) is 4.37. The molecule has 18 heavy (non-hydrogen) atoms. The Morgan fingerprint density at radius 3 is 2.61 bits per heavy atom. The number of aryl methyl sites for hydroxylation is 1. The minimum Gasteiger partial charge on any atom is -0.481 e. The summed E-state index contributed by atoms with van der Waals surface area (Å²) in [5, 5.41) is 2.44. The van der Waals surface area contributed by atoms with Gasteiger partial charge in [-0.2, -0.15) is 0 Å². The second kappa shape index (κ2) is 4.12. The third-order valence-electron chi connectivity index (χ3n) is 3.05. The molecule has 0 unspecified atom stereocenters. The van der Waals surface area contributed by atoms with Crippen LogP contribution in [0.25, 0.3) is 21.8 Å². The summed E-state index contributed by atoms with van der Waals surface area (Å²) in [7, 11) is 0. The van der Waals surface area contributed by atoms with E-state index in [1.54, 1.807) is 0 Å². The number of ether oxygens (including phenoxy) is 1. The Morgan fingerprint density at radius 1 is 1.11 bits per heavy atom. The molecule has 0 aliphatic heterocycles. The van der Waals surface area contributed by atoms with E-state index < -0.39 is 0 Å². The van der Waals surface area contributed by atoms with Crippen LogP contribution < -0.4 is 4.74 Å². The maximum Gasteiger partial charge on any atom is 0.148 e. The first-order valence-corrected chi connectivity index (χ1v) is 5.86. The summed E-state index contributed by atoms with van der Waals surface area (Å²) in [5.74, 6) is 3.26. The Balaban J connectivity index is 2.17. The molecule has 0 aliphatic rings. The van der Waals surface area contributed by atoms with E-state index in [4.69, 9.17) is 11.2 Å². The first-order valence-electron chi connectivity index (χ1n) is 5.86. The molecule has 2 heteroatoms. The van der Waals surface area contributed by atoms with Gasteiger partial charge in [0.15, 0.2) is 0 Å². The van der Waals surface area contributed by atoms with Gasteiger partial charge in [-0.15, -0.1) is 6.42 Å². The average molecular weight is 235 g/mol. The Kier molecular flexibility index (Phi) is 2.46. The molecule has 0 radical (unpaired) electrons. The van der Waals surface area contributed by atoms with Gasteiger partial charge in [0.05, 0.1) is 5.52 Å². The molecule has 3 aromatic rings. The summed E-state index contributed by atoms with van der Waals surface area (Å²) >= 11 is 0. The lowest BCUT2D eigenvalue weighted by Gasteiger charge is -2.01. The number of benzene rings is 2. The van der Waals surface area contributed by atoms with Crippen molar-refractivity contribution in [2.45, 2.75) is 6.92 Å². The second-order valence-electron chi connectivity index (χ2n) is 4.37. The lowest BCUT2D eigenvalue weighted by atomic mass is 10.1. The summed E-state index contributed by atoms with van der Waals surface area (Å²) in [4.78, 5) is 3.40. The minimum absolute atomic E-state index is 0.296. The zero-order valence-corrected chi connectivity index (χ0v) is 10.2. The maximum atomic E-state index is 5.43. The minimum atomic E-state index is 0.296. The topological polar surface area (TPSA) is 25.0 Å². The predicted octanol–water partition coefficient (Wildman–Crippen LogP) is 3.64. The SMILES string of the molecule is C#CCOc1ccc2c(c1)[nH]c1cc(C)ccc12. The Labute approximate surface area is 106 Å². The number of nitrogens with one attached hydrogen (secondary N) is 1. The molecule has 0 aliphatic carbocycles. The van der Waals surface area contributed by atoms with Gasteiger partial charge in [0, 0.05) is 22.4 Å². The normalized spacial score (nSPS) is 10.7. The summed E-state index contributed by atoms with van der Waals surface area (Å²) in [6.45, 7) is 2.39. The lowest BCUT2D eigenvalue weighted by Crippen LogP contribution is -1.92. The Bertz CT molecular complexity index is 762. The molecular formula is C16H13NO. The average Bonchev–Trinajstić information content (AvgIpc) is 2.72. The van der Waals surface area contributed by atoms with E-state index >= 15 is 0 Å². The molecule has 2 aromatic carbocycles. The van der Waals surface area contributed by atoms with Crippen molar-refractivity contribution in [2.75, 3.05) is 6.61 Å². The molecule has 88 valence electrons. The van der Waals surface area contributed by atoms with E-state index in [1.807, 2.05) is 12.1 Å². The fourth-order valence-electron chi connectivity index (χ4n) is 2.22. The molecule has 0 amide bonds. The molecule has 3 rings (SSSR count). The van der Waals surface area contributed by atoms with Gasteiger partial charge in [-0.05, 0) is 30.7 Å². The van der Waals surface area contributed by atoms with Crippen molar-refractivity contribution in [1.82, 2.24) is 4.98 Å². The zero-order chi connectivity index (χ0) is 12.5. The summed E-state index contributed by atoms with van der Waals surface area (Å²) in [6.07, 6.45) is 5.18. The van der Waals surface area contributed by atoms with E-state index in [0.29, 0.717) is 6.61 Å². The van der Waals surface area contributed by atoms with Gasteiger partial charge in [0.2, 0.25) is 0 Å². The van der Waals surface area contributed by atoms with Crippen molar-refractivity contribution in [1.29, 1.82) is 0 Å². The largest absolute Gasteiger partial charge is 0.481 e. The van der Waals surface area contributed by atoms with Crippen molar-refractivity contribution < 1.29 is 4.74 Å². The Hall–Kier alpha value is -2.40. The molecule has 0 spiro atoms. The first kappa shape index (κ1) is 10.7. The third-order valence-corrected chi connectivity index (χ3v) is 3.05. The van der Waals surface area contributed by atoms with Gasteiger partial charge < -0.3 is 9.72 Å². The van der Waals surface area contributed by atoms with Crippen LogP contribution in [0.3, 0.4) is 0 Å². The molecule has 0 atom stereocenters. The van der Waals surface area contributed by atoms with E-state index in [-0.39, 0.29) is 0 Å². The highest BCUT2D eigenvalue weighted by Gasteiger charge is 2.05. The first-order chi connectivity index (χ1) is 8.78. The van der Waals surface area contributed by atoms with Crippen LogP contribution in [0.2, 0.25) is 0 Å². The van der Waals surface area contributed by atoms with Gasteiger partial charge in [-0.3, -0.25) is 0 Å². The zero-order valence-electron chi connectivity index (χ0n) is 10.2. The smallest absolute Gasteiger partial charge is 0.148 e. The summed E-state index contributed by atoms with van der Waals surface area (Å²) in [5.41, 5.74) is 3.47. The fourth-order valence-corrected chi connectivity index (χ4v) is 2.22. The predicted molar refractivity (Wildman–Crippen MR) is 74.9 cm³/mol. The van der Waals surface area contributed by atoms with Crippen LogP contribution in [0.1, 0.15) is 5.56 Å². The van der Waals surface area contributed by atoms with Crippen molar-refractivity contribution in [3.63, 3.8) is 0 Å². The fraction of sp³-hybridized carbons (Fsp3) is 0.125. The standard InChI is InChI=1S/C16H13NO/c1-3-8-18-12-5-7-14-13-6-4-11(2)9-15(13)17-16(14)10-12/h1,4-7,9-10,17H,8H2,2H3. The maximum absolute atomic E-state index is 5.43. The summed E-state index contributed by atoms with van der Waals surface area (Å²) < 4.78 is 5.43. The molecule has 1 aromatic heterocycles. The number of rotatable bonds is 2. The van der Waals surface area contributed by atoms with Gasteiger partial charge in [-0.25, -0.2) is 0 Å². The van der Waals surface area contributed by atoms with Crippen molar-refractivity contribution in [3.8, 4) is 18.1 Å². The van der Waals surface area contributed by atoms with Crippen LogP contribution in [-0.2, 0) is 0 Å². The number of hydrogen-bond acceptors (Lipinski definition) is 1. The lowest BCUT2D eigenvalue weighted by molar-refractivity contribution is 0.371. The van der Waals surface area contributed by atoms with E-state index in [0.717, 1.165) is 16.8 Å². The Morgan fingerprint density at radius 2 is 1.83 bits per heavy atom. The molecule has 0 bridgehead atoms. The van der Waals surface area contributed by atoms with E-state index in [1.165, 1.54) is 16.3 Å². The van der Waals surface area contributed by atoms with Gasteiger partial charge in [0.25, 0.3) is 0 Å². The summed E-state index contributed by atoms with van der Waals surface area (Å²) in [6, 6.07) is 12.4. The number of hydrogen-bond donors (Lipinski definition) is 1. The van der Waals surface area contributed by atoms with Gasteiger partial charge in [-0.1, -0.05) is 18.1 Å². The van der Waals surface area contributed by atoms with Crippen LogP contribution in [0.5, 0.6) is 5.75 Å². The molecule has 0 saturated heterocycles. The van der Waals surface area contributed by atoms with E-state index in [9.17, 15) is 0 Å². The van der Waals surface area contributed by atoms with Crippen molar-refractivity contribution >= 4 is 21.8 Å². The molecular weight excluding hydrogens is 222 g/mol. The van der Waals surface area contributed by atoms with Gasteiger partial charge >= 0.3 is 0 Å². The number of terminal acetylenes is 1. The van der Waals surface area contributed by atoms with Crippen LogP contribution in [-0.4, -0.2) is 11.6 Å². The quantitative estimate of drug-likeness (QED) is 0.674. The number of H-pyrrole nitrogens is 1. The van der Waals surface area contributed by atoms with Crippen LogP contribution >= 0.6 is 0 Å². The highest BCUT2D eigenvalue weighted by Crippen LogP contribution is 2.28. The highest BCUT2D eigenvalue weighted by molar-refractivity contribution is 6.07.